The summed E-state index contributed by atoms with van der Waals surface area (Å²) in [5, 5.41) is 23.8. The minimum atomic E-state index is -0.968. The number of nitrogens with zero attached hydrogens (tertiary/aromatic N) is 1. The van der Waals surface area contributed by atoms with Gasteiger partial charge in [-0.2, -0.15) is 0 Å². The lowest BCUT2D eigenvalue weighted by Crippen LogP contribution is -2.29. The van der Waals surface area contributed by atoms with Crippen LogP contribution >= 0.6 is 0 Å². The Labute approximate surface area is 144 Å². The van der Waals surface area contributed by atoms with Gasteiger partial charge in [0.15, 0.2) is 0 Å². The van der Waals surface area contributed by atoms with Crippen molar-refractivity contribution in [2.45, 2.75) is 18.4 Å². The Kier molecular flexibility index (Phi) is 3.53. The number of carbonyl (C=O) groups is 1. The van der Waals surface area contributed by atoms with E-state index in [-0.39, 0.29) is 34.1 Å². The van der Waals surface area contributed by atoms with E-state index in [9.17, 15) is 14.9 Å². The Hall–Kier alpha value is -3.15. The Morgan fingerprint density at radius 2 is 1.96 bits per heavy atom. The first-order chi connectivity index (χ1) is 12.1. The Balaban J connectivity index is 1.78. The van der Waals surface area contributed by atoms with Gasteiger partial charge in [0.1, 0.15) is 5.69 Å². The molecule has 0 spiro atoms. The minimum Gasteiger partial charge on any atom is -0.478 e. The number of nitro groups is 1. The number of hydrogen-bond acceptors (Lipinski definition) is 4. The average Bonchev–Trinajstić information content (AvgIpc) is 3.10. The van der Waals surface area contributed by atoms with E-state index in [0.29, 0.717) is 5.69 Å². The van der Waals surface area contributed by atoms with Crippen molar-refractivity contribution in [2.24, 2.45) is 5.92 Å². The van der Waals surface area contributed by atoms with Gasteiger partial charge in [0.25, 0.3) is 5.69 Å². The number of carboxylic acid groups (broad SMARTS) is 1. The van der Waals surface area contributed by atoms with Crippen LogP contribution in [0.1, 0.15) is 39.9 Å². The van der Waals surface area contributed by atoms with Gasteiger partial charge in [-0.1, -0.05) is 36.4 Å². The molecule has 2 aromatic carbocycles. The second-order valence-electron chi connectivity index (χ2n) is 6.40. The molecule has 0 amide bonds. The SMILES string of the molecule is O=C(O)c1ccc([C@@H]2Nc3c(cccc3[N+](=O)[O-])[C@H]3C=CC[C@H]32)cc1. The summed E-state index contributed by atoms with van der Waals surface area (Å²) in [6.45, 7) is 0. The van der Waals surface area contributed by atoms with Crippen molar-refractivity contribution in [3.05, 3.63) is 81.4 Å². The predicted molar refractivity (Wildman–Crippen MR) is 92.8 cm³/mol. The van der Waals surface area contributed by atoms with Gasteiger partial charge in [-0.3, -0.25) is 10.1 Å². The van der Waals surface area contributed by atoms with E-state index < -0.39 is 5.97 Å². The lowest BCUT2D eigenvalue weighted by atomic mass is 9.76. The maximum atomic E-state index is 11.4. The highest BCUT2D eigenvalue weighted by molar-refractivity contribution is 5.87. The molecule has 6 nitrogen and oxygen atoms in total. The minimum absolute atomic E-state index is 0.0726. The van der Waals surface area contributed by atoms with E-state index in [1.54, 1.807) is 30.3 Å². The lowest BCUT2D eigenvalue weighted by molar-refractivity contribution is -0.384. The first-order valence-corrected chi connectivity index (χ1v) is 8.10. The van der Waals surface area contributed by atoms with Crippen molar-refractivity contribution in [3.63, 3.8) is 0 Å². The zero-order chi connectivity index (χ0) is 17.6. The van der Waals surface area contributed by atoms with Crippen molar-refractivity contribution >= 4 is 17.3 Å². The summed E-state index contributed by atoms with van der Waals surface area (Å²) in [6, 6.07) is 11.8. The molecule has 0 aromatic heterocycles. The second-order valence-corrected chi connectivity index (χ2v) is 6.40. The van der Waals surface area contributed by atoms with Crippen LogP contribution < -0.4 is 5.32 Å². The van der Waals surface area contributed by atoms with E-state index in [1.807, 2.05) is 6.07 Å². The summed E-state index contributed by atoms with van der Waals surface area (Å²) in [7, 11) is 0. The first-order valence-electron chi connectivity index (χ1n) is 8.10. The zero-order valence-corrected chi connectivity index (χ0v) is 13.3. The largest absolute Gasteiger partial charge is 0.478 e. The summed E-state index contributed by atoms with van der Waals surface area (Å²) < 4.78 is 0. The number of rotatable bonds is 3. The van der Waals surface area contributed by atoms with Crippen LogP contribution in [0, 0.1) is 16.0 Å². The van der Waals surface area contributed by atoms with Crippen molar-refractivity contribution < 1.29 is 14.8 Å². The molecule has 6 heteroatoms. The van der Waals surface area contributed by atoms with Crippen molar-refractivity contribution in [3.8, 4) is 0 Å². The number of carboxylic acids is 1. The number of hydrogen-bond donors (Lipinski definition) is 2. The van der Waals surface area contributed by atoms with Gasteiger partial charge in [0.05, 0.1) is 16.5 Å². The molecular formula is C19H16N2O4. The molecule has 1 aliphatic carbocycles. The highest BCUT2D eigenvalue weighted by atomic mass is 16.6. The number of anilines is 1. The van der Waals surface area contributed by atoms with Crippen molar-refractivity contribution in [1.82, 2.24) is 0 Å². The molecule has 4 rings (SSSR count). The van der Waals surface area contributed by atoms with E-state index >= 15 is 0 Å². The molecular weight excluding hydrogens is 320 g/mol. The number of allylic oxidation sites excluding steroid dienone is 2. The molecule has 0 saturated carbocycles. The van der Waals surface area contributed by atoms with Crippen LogP contribution in [0.3, 0.4) is 0 Å². The summed E-state index contributed by atoms with van der Waals surface area (Å²) in [5.74, 6) is -0.588. The molecule has 126 valence electrons. The molecule has 2 aromatic rings. The third-order valence-electron chi connectivity index (χ3n) is 5.09. The first kappa shape index (κ1) is 15.4. The molecule has 0 radical (unpaired) electrons. The Morgan fingerprint density at radius 1 is 1.20 bits per heavy atom. The normalized spacial score (nSPS) is 23.4. The van der Waals surface area contributed by atoms with Crippen LogP contribution in [0.15, 0.2) is 54.6 Å². The van der Waals surface area contributed by atoms with Gasteiger partial charge < -0.3 is 10.4 Å². The molecule has 0 fully saturated rings. The fourth-order valence-corrected chi connectivity index (χ4v) is 3.92. The number of benzene rings is 2. The number of fused-ring (bicyclic) bond motifs is 3. The zero-order valence-electron chi connectivity index (χ0n) is 13.3. The maximum absolute atomic E-state index is 11.4. The Morgan fingerprint density at radius 3 is 2.64 bits per heavy atom. The number of para-hydroxylation sites is 1. The molecule has 1 aliphatic heterocycles. The molecule has 0 bridgehead atoms. The summed E-state index contributed by atoms with van der Waals surface area (Å²) in [5.41, 5.74) is 2.75. The van der Waals surface area contributed by atoms with Gasteiger partial charge in [0.2, 0.25) is 0 Å². The Bertz CT molecular complexity index is 889. The molecule has 0 saturated heterocycles. The quantitative estimate of drug-likeness (QED) is 0.500. The summed E-state index contributed by atoms with van der Waals surface area (Å²) in [6.07, 6.45) is 5.11. The average molecular weight is 336 g/mol. The van der Waals surface area contributed by atoms with Crippen LogP contribution in [-0.4, -0.2) is 16.0 Å². The van der Waals surface area contributed by atoms with E-state index in [1.165, 1.54) is 6.07 Å². The van der Waals surface area contributed by atoms with Gasteiger partial charge in [-0.25, -0.2) is 4.79 Å². The third kappa shape index (κ3) is 2.46. The monoisotopic (exact) mass is 336 g/mol. The third-order valence-corrected chi connectivity index (χ3v) is 5.09. The number of nitro benzene ring substituents is 1. The van der Waals surface area contributed by atoms with Crippen LogP contribution in [0.25, 0.3) is 0 Å². The van der Waals surface area contributed by atoms with Crippen molar-refractivity contribution in [2.75, 3.05) is 5.32 Å². The molecule has 0 unspecified atom stereocenters. The second kappa shape index (κ2) is 5.73. The van der Waals surface area contributed by atoms with E-state index in [0.717, 1.165) is 17.5 Å². The predicted octanol–water partition coefficient (Wildman–Crippen LogP) is 4.12. The highest BCUT2D eigenvalue weighted by Crippen LogP contribution is 2.51. The smallest absolute Gasteiger partial charge is 0.335 e. The summed E-state index contributed by atoms with van der Waals surface area (Å²) >= 11 is 0. The maximum Gasteiger partial charge on any atom is 0.335 e. The molecule has 2 aliphatic rings. The van der Waals surface area contributed by atoms with E-state index in [4.69, 9.17) is 5.11 Å². The molecule has 3 atom stereocenters. The standard InChI is InChI=1S/C19H16N2O4/c22-19(23)12-9-7-11(8-10-12)17-14-4-1-3-13(14)15-5-2-6-16(21(24)25)18(15)20-17/h1-3,5-10,13-14,17,20H,4H2,(H,22,23)/t13-,14+,17-/m0/s1. The van der Waals surface area contributed by atoms with Gasteiger partial charge in [-0.15, -0.1) is 0 Å². The highest BCUT2D eigenvalue weighted by Gasteiger charge is 2.40. The fraction of sp³-hybridized carbons (Fsp3) is 0.211. The molecule has 1 heterocycles. The van der Waals surface area contributed by atoms with Crippen LogP contribution in [0.4, 0.5) is 11.4 Å². The molecule has 2 N–H and O–H groups in total. The number of nitrogens with one attached hydrogen (secondary N) is 1. The number of aromatic carboxylic acids is 1. The van der Waals surface area contributed by atoms with Gasteiger partial charge >= 0.3 is 5.97 Å². The fourth-order valence-electron chi connectivity index (χ4n) is 3.92. The van der Waals surface area contributed by atoms with E-state index in [2.05, 4.69) is 17.5 Å². The van der Waals surface area contributed by atoms with Crippen molar-refractivity contribution in [1.29, 1.82) is 0 Å². The lowest BCUT2D eigenvalue weighted by Gasteiger charge is -2.37. The van der Waals surface area contributed by atoms with Crippen LogP contribution in [-0.2, 0) is 0 Å². The summed E-state index contributed by atoms with van der Waals surface area (Å²) in [4.78, 5) is 22.1. The van der Waals surface area contributed by atoms with Crippen LogP contribution in [0.2, 0.25) is 0 Å². The van der Waals surface area contributed by atoms with Crippen LogP contribution in [0.5, 0.6) is 0 Å². The van der Waals surface area contributed by atoms with Gasteiger partial charge in [0, 0.05) is 12.0 Å². The topological polar surface area (TPSA) is 92.5 Å². The van der Waals surface area contributed by atoms with Gasteiger partial charge in [-0.05, 0) is 35.6 Å². The molecule has 25 heavy (non-hydrogen) atoms.